The molecule has 0 amide bonds. The number of rotatable bonds is 5. The molecule has 0 aliphatic carbocycles. The van der Waals surface area contributed by atoms with E-state index < -0.39 is 0 Å². The molecule has 0 radical (unpaired) electrons. The lowest BCUT2D eigenvalue weighted by Gasteiger charge is -2.00. The van der Waals surface area contributed by atoms with E-state index in [-0.39, 0.29) is 5.82 Å². The molecule has 108 valence electrons. The van der Waals surface area contributed by atoms with Crippen molar-refractivity contribution in [3.8, 4) is 0 Å². The number of hydrogen-bond acceptors (Lipinski definition) is 5. The maximum absolute atomic E-state index is 12.8. The fraction of sp³-hybridized carbons (Fsp3) is 0.0769. The van der Waals surface area contributed by atoms with Gasteiger partial charge in [0.1, 0.15) is 5.82 Å². The first kappa shape index (κ1) is 14.4. The standard InChI is InChI=1S/C13H10ClFN4S2/c14-10-5-6-20-11(10)7-21-13-17-12(18-19-13)16-9-3-1-8(15)2-4-9/h1-6H,7H2,(H2,16,17,18,19). The normalized spacial score (nSPS) is 10.8. The second kappa shape index (κ2) is 6.46. The number of aromatic nitrogens is 3. The first-order chi connectivity index (χ1) is 10.2. The first-order valence-corrected chi connectivity index (χ1v) is 8.25. The van der Waals surface area contributed by atoms with Gasteiger partial charge in [-0.3, -0.25) is 5.10 Å². The van der Waals surface area contributed by atoms with E-state index in [1.807, 2.05) is 11.4 Å². The smallest absolute Gasteiger partial charge is 0.247 e. The molecule has 1 aromatic carbocycles. The minimum atomic E-state index is -0.278. The van der Waals surface area contributed by atoms with Crippen LogP contribution in [0.15, 0.2) is 40.9 Å². The van der Waals surface area contributed by atoms with Crippen molar-refractivity contribution in [2.75, 3.05) is 5.32 Å². The van der Waals surface area contributed by atoms with Crippen molar-refractivity contribution < 1.29 is 4.39 Å². The molecular formula is C13H10ClFN4S2. The number of hydrogen-bond donors (Lipinski definition) is 2. The second-order valence-electron chi connectivity index (χ2n) is 4.08. The Bertz CT molecular complexity index is 726. The Morgan fingerprint density at radius 3 is 2.81 bits per heavy atom. The fourth-order valence-electron chi connectivity index (χ4n) is 1.59. The topological polar surface area (TPSA) is 53.6 Å². The predicted octanol–water partition coefficient (Wildman–Crippen LogP) is 4.69. The number of nitrogens with zero attached hydrogens (tertiary/aromatic N) is 2. The molecule has 0 spiro atoms. The van der Waals surface area contributed by atoms with Gasteiger partial charge in [-0.25, -0.2) is 4.39 Å². The molecule has 2 heterocycles. The van der Waals surface area contributed by atoms with Gasteiger partial charge in [-0.15, -0.1) is 16.4 Å². The van der Waals surface area contributed by atoms with Crippen LogP contribution in [0.25, 0.3) is 0 Å². The number of anilines is 2. The van der Waals surface area contributed by atoms with E-state index in [1.54, 1.807) is 23.5 Å². The highest BCUT2D eigenvalue weighted by Crippen LogP contribution is 2.29. The number of nitrogens with one attached hydrogen (secondary N) is 2. The van der Waals surface area contributed by atoms with Crippen molar-refractivity contribution in [1.29, 1.82) is 0 Å². The van der Waals surface area contributed by atoms with E-state index in [9.17, 15) is 4.39 Å². The zero-order valence-electron chi connectivity index (χ0n) is 10.6. The molecule has 0 fully saturated rings. The molecule has 21 heavy (non-hydrogen) atoms. The molecule has 2 aromatic heterocycles. The summed E-state index contributed by atoms with van der Waals surface area (Å²) in [5, 5.41) is 13.3. The zero-order valence-corrected chi connectivity index (χ0v) is 13.0. The Labute approximate surface area is 133 Å². The summed E-state index contributed by atoms with van der Waals surface area (Å²) in [4.78, 5) is 5.41. The van der Waals surface area contributed by atoms with Crippen molar-refractivity contribution >= 4 is 46.3 Å². The molecule has 0 atom stereocenters. The van der Waals surface area contributed by atoms with Crippen LogP contribution in [0, 0.1) is 5.82 Å². The fourth-order valence-corrected chi connectivity index (χ4v) is 3.69. The van der Waals surface area contributed by atoms with Gasteiger partial charge in [0.25, 0.3) is 0 Å². The maximum atomic E-state index is 12.8. The molecule has 3 rings (SSSR count). The lowest BCUT2D eigenvalue weighted by atomic mass is 10.3. The Hall–Kier alpha value is -1.57. The minimum absolute atomic E-state index is 0.278. The molecular weight excluding hydrogens is 331 g/mol. The van der Waals surface area contributed by atoms with Gasteiger partial charge < -0.3 is 5.32 Å². The van der Waals surface area contributed by atoms with E-state index in [0.29, 0.717) is 11.1 Å². The summed E-state index contributed by atoms with van der Waals surface area (Å²) in [6.07, 6.45) is 0. The summed E-state index contributed by atoms with van der Waals surface area (Å²) in [5.41, 5.74) is 0.730. The average Bonchev–Trinajstić information content (AvgIpc) is 3.08. The van der Waals surface area contributed by atoms with Gasteiger partial charge in [0.15, 0.2) is 5.16 Å². The molecule has 0 unspecified atom stereocenters. The Morgan fingerprint density at radius 2 is 2.10 bits per heavy atom. The molecule has 0 aliphatic rings. The van der Waals surface area contributed by atoms with Crippen molar-refractivity contribution in [2.24, 2.45) is 0 Å². The third-order valence-electron chi connectivity index (χ3n) is 2.60. The summed E-state index contributed by atoms with van der Waals surface area (Å²) in [6, 6.07) is 7.89. The summed E-state index contributed by atoms with van der Waals surface area (Å²) in [7, 11) is 0. The number of halogens is 2. The number of benzene rings is 1. The lowest BCUT2D eigenvalue weighted by molar-refractivity contribution is 0.628. The van der Waals surface area contributed by atoms with Gasteiger partial charge in [0, 0.05) is 16.3 Å². The quantitative estimate of drug-likeness (QED) is 0.661. The van der Waals surface area contributed by atoms with E-state index in [1.165, 1.54) is 23.9 Å². The SMILES string of the molecule is Fc1ccc(Nc2n[nH]c(SCc3sccc3Cl)n2)cc1. The van der Waals surface area contributed by atoms with Crippen LogP contribution in [0.4, 0.5) is 16.0 Å². The molecule has 3 aromatic rings. The van der Waals surface area contributed by atoms with Gasteiger partial charge in [-0.05, 0) is 35.7 Å². The van der Waals surface area contributed by atoms with Crippen molar-refractivity contribution in [3.63, 3.8) is 0 Å². The van der Waals surface area contributed by atoms with E-state index in [4.69, 9.17) is 11.6 Å². The van der Waals surface area contributed by atoms with Crippen molar-refractivity contribution in [2.45, 2.75) is 10.9 Å². The van der Waals surface area contributed by atoms with E-state index in [2.05, 4.69) is 20.5 Å². The highest BCUT2D eigenvalue weighted by molar-refractivity contribution is 7.98. The first-order valence-electron chi connectivity index (χ1n) is 6.00. The van der Waals surface area contributed by atoms with Crippen LogP contribution in [-0.4, -0.2) is 15.2 Å². The number of aromatic amines is 1. The summed E-state index contributed by atoms with van der Waals surface area (Å²) < 4.78 is 12.8. The molecule has 0 saturated carbocycles. The minimum Gasteiger partial charge on any atom is -0.323 e. The van der Waals surface area contributed by atoms with Crippen LogP contribution in [0.5, 0.6) is 0 Å². The largest absolute Gasteiger partial charge is 0.323 e. The Balaban J connectivity index is 1.61. The van der Waals surface area contributed by atoms with Gasteiger partial charge in [0.05, 0.1) is 5.02 Å². The average molecular weight is 341 g/mol. The third-order valence-corrected chi connectivity index (χ3v) is 5.06. The summed E-state index contributed by atoms with van der Waals surface area (Å²) in [5.74, 6) is 0.905. The number of H-pyrrole nitrogens is 1. The highest BCUT2D eigenvalue weighted by Gasteiger charge is 2.07. The monoisotopic (exact) mass is 340 g/mol. The van der Waals surface area contributed by atoms with Crippen LogP contribution in [0.1, 0.15) is 4.88 Å². The maximum Gasteiger partial charge on any atom is 0.247 e. The summed E-state index contributed by atoms with van der Waals surface area (Å²) >= 11 is 9.18. The van der Waals surface area contributed by atoms with Crippen LogP contribution in [0.3, 0.4) is 0 Å². The van der Waals surface area contributed by atoms with Crippen molar-refractivity contribution in [1.82, 2.24) is 15.2 Å². The lowest BCUT2D eigenvalue weighted by Crippen LogP contribution is -1.92. The van der Waals surface area contributed by atoms with Gasteiger partial charge in [0.2, 0.25) is 5.95 Å². The molecule has 4 nitrogen and oxygen atoms in total. The molecule has 0 bridgehead atoms. The van der Waals surface area contributed by atoms with E-state index in [0.717, 1.165) is 21.3 Å². The Kier molecular flexibility index (Phi) is 4.42. The van der Waals surface area contributed by atoms with Gasteiger partial charge in [-0.2, -0.15) is 4.98 Å². The van der Waals surface area contributed by atoms with Gasteiger partial charge >= 0.3 is 0 Å². The van der Waals surface area contributed by atoms with Crippen molar-refractivity contribution in [3.05, 3.63) is 51.4 Å². The Morgan fingerprint density at radius 1 is 1.29 bits per heavy atom. The number of thiophene rings is 1. The van der Waals surface area contributed by atoms with E-state index >= 15 is 0 Å². The van der Waals surface area contributed by atoms with Crippen LogP contribution >= 0.6 is 34.7 Å². The molecule has 0 aliphatic heterocycles. The summed E-state index contributed by atoms with van der Waals surface area (Å²) in [6.45, 7) is 0. The zero-order chi connectivity index (χ0) is 14.7. The third kappa shape index (κ3) is 3.75. The predicted molar refractivity (Wildman–Crippen MR) is 85.0 cm³/mol. The van der Waals surface area contributed by atoms with Crippen LogP contribution < -0.4 is 5.32 Å². The molecule has 0 saturated heterocycles. The highest BCUT2D eigenvalue weighted by atomic mass is 35.5. The number of thioether (sulfide) groups is 1. The molecule has 2 N–H and O–H groups in total. The second-order valence-corrected chi connectivity index (χ2v) is 6.45. The molecule has 8 heteroatoms. The van der Waals surface area contributed by atoms with Crippen LogP contribution in [0.2, 0.25) is 5.02 Å². The van der Waals surface area contributed by atoms with Crippen LogP contribution in [-0.2, 0) is 5.75 Å². The van der Waals surface area contributed by atoms with Gasteiger partial charge in [-0.1, -0.05) is 23.4 Å².